The molecule has 0 aliphatic rings. The highest BCUT2D eigenvalue weighted by Gasteiger charge is 2.20. The van der Waals surface area contributed by atoms with Gasteiger partial charge in [-0.3, -0.25) is 0 Å². The Hall–Kier alpha value is -0.900. The Labute approximate surface area is 104 Å². The standard InChI is InChI=1S/C14H24N2O/c1-11(9-16-14(2,3)10-17)13(15)12-7-5-4-6-8-12/h4-8,11,13,16-17H,9-10,15H2,1-3H3/t11-,13+/m0/s1. The van der Waals surface area contributed by atoms with E-state index in [0.717, 1.165) is 12.1 Å². The molecule has 4 N–H and O–H groups in total. The second-order valence-corrected chi connectivity index (χ2v) is 5.34. The van der Waals surface area contributed by atoms with Crippen LogP contribution in [0.25, 0.3) is 0 Å². The predicted molar refractivity (Wildman–Crippen MR) is 71.7 cm³/mol. The van der Waals surface area contributed by atoms with Crippen LogP contribution in [0.5, 0.6) is 0 Å². The van der Waals surface area contributed by atoms with E-state index < -0.39 is 0 Å². The lowest BCUT2D eigenvalue weighted by atomic mass is 9.94. The van der Waals surface area contributed by atoms with Crippen molar-refractivity contribution >= 4 is 0 Å². The van der Waals surface area contributed by atoms with E-state index in [9.17, 15) is 0 Å². The largest absolute Gasteiger partial charge is 0.394 e. The molecule has 0 radical (unpaired) electrons. The minimum Gasteiger partial charge on any atom is -0.394 e. The van der Waals surface area contributed by atoms with Crippen molar-refractivity contribution in [2.75, 3.05) is 13.2 Å². The lowest BCUT2D eigenvalue weighted by molar-refractivity contribution is 0.181. The van der Waals surface area contributed by atoms with E-state index in [-0.39, 0.29) is 18.2 Å². The van der Waals surface area contributed by atoms with Gasteiger partial charge in [0.05, 0.1) is 6.61 Å². The van der Waals surface area contributed by atoms with Gasteiger partial charge >= 0.3 is 0 Å². The smallest absolute Gasteiger partial charge is 0.0607 e. The van der Waals surface area contributed by atoms with E-state index in [2.05, 4.69) is 24.4 Å². The molecule has 0 aliphatic heterocycles. The summed E-state index contributed by atoms with van der Waals surface area (Å²) < 4.78 is 0. The van der Waals surface area contributed by atoms with Gasteiger partial charge in [0.15, 0.2) is 0 Å². The molecule has 0 fully saturated rings. The third kappa shape index (κ3) is 4.46. The van der Waals surface area contributed by atoms with E-state index in [1.54, 1.807) is 0 Å². The van der Waals surface area contributed by atoms with Gasteiger partial charge in [-0.1, -0.05) is 37.3 Å². The van der Waals surface area contributed by atoms with Crippen LogP contribution in [0.4, 0.5) is 0 Å². The summed E-state index contributed by atoms with van der Waals surface area (Å²) in [4.78, 5) is 0. The van der Waals surface area contributed by atoms with Crippen molar-refractivity contribution in [3.05, 3.63) is 35.9 Å². The van der Waals surface area contributed by atoms with Gasteiger partial charge in [-0.05, 0) is 25.3 Å². The van der Waals surface area contributed by atoms with Crippen LogP contribution in [0.15, 0.2) is 30.3 Å². The maximum absolute atomic E-state index is 9.17. The van der Waals surface area contributed by atoms with Crippen molar-refractivity contribution < 1.29 is 5.11 Å². The number of benzene rings is 1. The average molecular weight is 236 g/mol. The van der Waals surface area contributed by atoms with Crippen molar-refractivity contribution in [2.24, 2.45) is 11.7 Å². The normalized spacial score (nSPS) is 15.6. The minimum absolute atomic E-state index is 0.0261. The SMILES string of the molecule is C[C@@H](CNC(C)(C)CO)[C@@H](N)c1ccccc1. The number of aliphatic hydroxyl groups is 1. The van der Waals surface area contributed by atoms with Gasteiger partial charge in [0, 0.05) is 18.1 Å². The molecule has 0 saturated carbocycles. The molecule has 0 aliphatic carbocycles. The first-order valence-electron chi connectivity index (χ1n) is 6.12. The average Bonchev–Trinajstić information content (AvgIpc) is 2.36. The van der Waals surface area contributed by atoms with Gasteiger partial charge in [-0.25, -0.2) is 0 Å². The Bertz CT molecular complexity index is 324. The molecule has 3 nitrogen and oxygen atoms in total. The highest BCUT2D eigenvalue weighted by molar-refractivity contribution is 5.19. The Morgan fingerprint density at radius 3 is 2.41 bits per heavy atom. The Balaban J connectivity index is 2.51. The first-order valence-corrected chi connectivity index (χ1v) is 6.12. The summed E-state index contributed by atoms with van der Waals surface area (Å²) in [5.41, 5.74) is 7.12. The van der Waals surface area contributed by atoms with Crippen LogP contribution in [0, 0.1) is 5.92 Å². The fourth-order valence-corrected chi connectivity index (χ4v) is 1.62. The highest BCUT2D eigenvalue weighted by atomic mass is 16.3. The molecule has 96 valence electrons. The molecule has 17 heavy (non-hydrogen) atoms. The van der Waals surface area contributed by atoms with Crippen molar-refractivity contribution in [1.29, 1.82) is 0 Å². The molecular formula is C14H24N2O. The van der Waals surface area contributed by atoms with Gasteiger partial charge in [-0.15, -0.1) is 0 Å². The summed E-state index contributed by atoms with van der Waals surface area (Å²) in [5.74, 6) is 0.322. The van der Waals surface area contributed by atoms with Gasteiger partial charge in [0.2, 0.25) is 0 Å². The van der Waals surface area contributed by atoms with Crippen LogP contribution < -0.4 is 11.1 Å². The lowest BCUT2D eigenvalue weighted by Gasteiger charge is -2.28. The van der Waals surface area contributed by atoms with E-state index in [0.29, 0.717) is 5.92 Å². The predicted octanol–water partition coefficient (Wildman–Crippen LogP) is 1.68. The Kier molecular flexibility index (Phi) is 5.12. The molecule has 0 heterocycles. The molecule has 0 bridgehead atoms. The quantitative estimate of drug-likeness (QED) is 0.704. The minimum atomic E-state index is -0.245. The summed E-state index contributed by atoms with van der Waals surface area (Å²) in [5, 5.41) is 12.5. The van der Waals surface area contributed by atoms with E-state index >= 15 is 0 Å². The number of nitrogens with one attached hydrogen (secondary N) is 1. The number of hydrogen-bond donors (Lipinski definition) is 3. The van der Waals surface area contributed by atoms with E-state index in [1.807, 2.05) is 32.0 Å². The second-order valence-electron chi connectivity index (χ2n) is 5.34. The summed E-state index contributed by atoms with van der Waals surface area (Å²) >= 11 is 0. The summed E-state index contributed by atoms with van der Waals surface area (Å²) in [6, 6.07) is 10.1. The Morgan fingerprint density at radius 2 is 1.88 bits per heavy atom. The van der Waals surface area contributed by atoms with Crippen molar-refractivity contribution in [2.45, 2.75) is 32.4 Å². The molecule has 0 aromatic heterocycles. The molecule has 2 atom stereocenters. The maximum Gasteiger partial charge on any atom is 0.0607 e. The highest BCUT2D eigenvalue weighted by Crippen LogP contribution is 2.18. The fourth-order valence-electron chi connectivity index (χ4n) is 1.62. The molecule has 3 heteroatoms. The monoisotopic (exact) mass is 236 g/mol. The number of hydrogen-bond acceptors (Lipinski definition) is 3. The van der Waals surface area contributed by atoms with Crippen molar-refractivity contribution in [3.8, 4) is 0 Å². The zero-order valence-electron chi connectivity index (χ0n) is 11.0. The second kappa shape index (κ2) is 6.15. The van der Waals surface area contributed by atoms with Crippen LogP contribution in [0.2, 0.25) is 0 Å². The van der Waals surface area contributed by atoms with Crippen LogP contribution in [0.1, 0.15) is 32.4 Å². The molecule has 1 aromatic rings. The molecule has 1 rings (SSSR count). The van der Waals surface area contributed by atoms with Crippen molar-refractivity contribution in [3.63, 3.8) is 0 Å². The number of aliphatic hydroxyl groups excluding tert-OH is 1. The summed E-state index contributed by atoms with van der Waals surface area (Å²) in [7, 11) is 0. The topological polar surface area (TPSA) is 58.3 Å². The maximum atomic E-state index is 9.17. The van der Waals surface area contributed by atoms with Gasteiger partial charge in [-0.2, -0.15) is 0 Å². The fraction of sp³-hybridized carbons (Fsp3) is 0.571. The number of rotatable bonds is 6. The first-order chi connectivity index (χ1) is 7.96. The van der Waals surface area contributed by atoms with Gasteiger partial charge in [0.1, 0.15) is 0 Å². The summed E-state index contributed by atoms with van der Waals surface area (Å²) in [6.07, 6.45) is 0. The molecule has 0 amide bonds. The Morgan fingerprint density at radius 1 is 1.29 bits per heavy atom. The summed E-state index contributed by atoms with van der Waals surface area (Å²) in [6.45, 7) is 7.00. The molecule has 0 spiro atoms. The molecule has 0 saturated heterocycles. The van der Waals surface area contributed by atoms with Crippen molar-refractivity contribution in [1.82, 2.24) is 5.32 Å². The van der Waals surface area contributed by atoms with E-state index in [4.69, 9.17) is 10.8 Å². The third-order valence-electron chi connectivity index (χ3n) is 3.10. The van der Waals surface area contributed by atoms with Crippen LogP contribution in [-0.2, 0) is 0 Å². The third-order valence-corrected chi connectivity index (χ3v) is 3.10. The molecular weight excluding hydrogens is 212 g/mol. The lowest BCUT2D eigenvalue weighted by Crippen LogP contribution is -2.45. The zero-order chi connectivity index (χ0) is 12.9. The van der Waals surface area contributed by atoms with Gasteiger partial charge in [0.25, 0.3) is 0 Å². The number of nitrogens with two attached hydrogens (primary N) is 1. The van der Waals surface area contributed by atoms with E-state index in [1.165, 1.54) is 0 Å². The van der Waals surface area contributed by atoms with Crippen LogP contribution in [0.3, 0.4) is 0 Å². The first kappa shape index (κ1) is 14.2. The van der Waals surface area contributed by atoms with Crippen LogP contribution >= 0.6 is 0 Å². The molecule has 0 unspecified atom stereocenters. The molecule has 1 aromatic carbocycles. The zero-order valence-corrected chi connectivity index (χ0v) is 11.0. The van der Waals surface area contributed by atoms with Gasteiger partial charge < -0.3 is 16.2 Å². The van der Waals surface area contributed by atoms with Crippen LogP contribution in [-0.4, -0.2) is 23.8 Å².